The molecule has 1 amide bonds. The molecule has 0 saturated carbocycles. The van der Waals surface area contributed by atoms with Crippen molar-refractivity contribution >= 4 is 21.4 Å². The average molecular weight is 415 g/mol. The molecular weight excluding hydrogens is 388 g/mol. The van der Waals surface area contributed by atoms with Crippen LogP contribution in [0, 0.1) is 0 Å². The Morgan fingerprint density at radius 1 is 1.14 bits per heavy atom. The quantitative estimate of drug-likeness (QED) is 0.753. The number of fused-ring (bicyclic) bond motifs is 1. The Hall–Kier alpha value is -2.38. The molecule has 2 aliphatic heterocycles. The largest absolute Gasteiger partial charge is 0.489 e. The van der Waals surface area contributed by atoms with E-state index in [2.05, 4.69) is 0 Å². The van der Waals surface area contributed by atoms with Gasteiger partial charge in [-0.25, -0.2) is 8.42 Å². The third kappa shape index (κ3) is 4.16. The number of sulfone groups is 1. The van der Waals surface area contributed by atoms with Gasteiger partial charge in [-0.1, -0.05) is 49.4 Å². The van der Waals surface area contributed by atoms with Gasteiger partial charge in [0.05, 0.1) is 29.8 Å². The number of rotatable bonds is 5. The summed E-state index contributed by atoms with van der Waals surface area (Å²) in [5, 5.41) is 0. The average Bonchev–Trinajstić information content (AvgIpc) is 3.11. The molecule has 2 aromatic carbocycles. The monoisotopic (exact) mass is 414 g/mol. The Bertz CT molecular complexity index is 977. The van der Waals surface area contributed by atoms with Gasteiger partial charge >= 0.3 is 0 Å². The van der Waals surface area contributed by atoms with Crippen LogP contribution in [0.3, 0.4) is 0 Å². The SMILES string of the molecule is CCN(CC(=O)N1c2ccccc2OC[C@H]1c1ccccc1)[C@@H]1CCS(=O)(=O)C1. The van der Waals surface area contributed by atoms with Crippen LogP contribution in [0.5, 0.6) is 5.75 Å². The zero-order chi connectivity index (χ0) is 20.4. The van der Waals surface area contributed by atoms with E-state index in [9.17, 15) is 13.2 Å². The van der Waals surface area contributed by atoms with E-state index in [1.54, 1.807) is 0 Å². The summed E-state index contributed by atoms with van der Waals surface area (Å²) in [6.45, 7) is 3.18. The summed E-state index contributed by atoms with van der Waals surface area (Å²) in [7, 11) is -3.00. The van der Waals surface area contributed by atoms with Gasteiger partial charge in [-0.15, -0.1) is 0 Å². The molecule has 0 aliphatic carbocycles. The van der Waals surface area contributed by atoms with Crippen molar-refractivity contribution in [3.8, 4) is 5.75 Å². The summed E-state index contributed by atoms with van der Waals surface area (Å²) >= 11 is 0. The lowest BCUT2D eigenvalue weighted by Gasteiger charge is -2.39. The molecule has 1 fully saturated rings. The van der Waals surface area contributed by atoms with Crippen molar-refractivity contribution in [1.82, 2.24) is 4.90 Å². The summed E-state index contributed by atoms with van der Waals surface area (Å²) in [4.78, 5) is 17.3. The molecule has 154 valence electrons. The van der Waals surface area contributed by atoms with Crippen LogP contribution in [0.2, 0.25) is 0 Å². The molecule has 0 N–H and O–H groups in total. The highest BCUT2D eigenvalue weighted by Gasteiger charge is 2.37. The first-order valence-electron chi connectivity index (χ1n) is 10.0. The van der Waals surface area contributed by atoms with Crippen molar-refractivity contribution in [3.63, 3.8) is 0 Å². The molecule has 1 saturated heterocycles. The van der Waals surface area contributed by atoms with Crippen LogP contribution in [0.15, 0.2) is 54.6 Å². The van der Waals surface area contributed by atoms with E-state index < -0.39 is 9.84 Å². The molecule has 2 atom stereocenters. The summed E-state index contributed by atoms with van der Waals surface area (Å²) < 4.78 is 29.8. The number of ether oxygens (including phenoxy) is 1. The Labute approximate surface area is 172 Å². The molecule has 4 rings (SSSR count). The summed E-state index contributed by atoms with van der Waals surface area (Å²) in [6, 6.07) is 17.1. The molecule has 7 heteroatoms. The summed E-state index contributed by atoms with van der Waals surface area (Å²) in [5.74, 6) is 0.992. The van der Waals surface area contributed by atoms with Crippen LogP contribution in [-0.2, 0) is 14.6 Å². The van der Waals surface area contributed by atoms with Crippen molar-refractivity contribution in [2.24, 2.45) is 0 Å². The van der Waals surface area contributed by atoms with Gasteiger partial charge in [0.2, 0.25) is 5.91 Å². The zero-order valence-electron chi connectivity index (χ0n) is 16.5. The van der Waals surface area contributed by atoms with Gasteiger partial charge in [-0.05, 0) is 30.7 Å². The number of carbonyl (C=O) groups excluding carboxylic acids is 1. The fourth-order valence-electron chi connectivity index (χ4n) is 4.23. The second kappa shape index (κ2) is 8.16. The molecule has 2 aromatic rings. The molecule has 2 aliphatic rings. The molecule has 0 spiro atoms. The van der Waals surface area contributed by atoms with Crippen LogP contribution < -0.4 is 9.64 Å². The molecule has 0 aromatic heterocycles. The number of likely N-dealkylation sites (N-methyl/N-ethyl adjacent to an activating group) is 1. The maximum atomic E-state index is 13.5. The normalized spacial score (nSPS) is 22.9. The minimum absolute atomic E-state index is 0.0410. The molecular formula is C22H26N2O4S. The van der Waals surface area contributed by atoms with Gasteiger partial charge < -0.3 is 4.74 Å². The maximum absolute atomic E-state index is 13.5. The zero-order valence-corrected chi connectivity index (χ0v) is 17.3. The number of para-hydroxylation sites is 2. The van der Waals surface area contributed by atoms with E-state index in [0.29, 0.717) is 25.3 Å². The minimum Gasteiger partial charge on any atom is -0.489 e. The third-order valence-electron chi connectivity index (χ3n) is 5.76. The van der Waals surface area contributed by atoms with Gasteiger partial charge in [0.1, 0.15) is 12.4 Å². The van der Waals surface area contributed by atoms with Crippen molar-refractivity contribution in [1.29, 1.82) is 0 Å². The highest BCUT2D eigenvalue weighted by molar-refractivity contribution is 7.91. The maximum Gasteiger partial charge on any atom is 0.241 e. The number of benzene rings is 2. The van der Waals surface area contributed by atoms with Crippen molar-refractivity contribution < 1.29 is 17.9 Å². The molecule has 0 radical (unpaired) electrons. The van der Waals surface area contributed by atoms with E-state index in [1.165, 1.54) is 0 Å². The molecule has 6 nitrogen and oxygen atoms in total. The number of hydrogen-bond donors (Lipinski definition) is 0. The van der Waals surface area contributed by atoms with E-state index in [4.69, 9.17) is 4.74 Å². The van der Waals surface area contributed by atoms with Crippen LogP contribution >= 0.6 is 0 Å². The molecule has 29 heavy (non-hydrogen) atoms. The van der Waals surface area contributed by atoms with Crippen LogP contribution in [0.4, 0.5) is 5.69 Å². The lowest BCUT2D eigenvalue weighted by molar-refractivity contribution is -0.121. The highest BCUT2D eigenvalue weighted by atomic mass is 32.2. The predicted octanol–water partition coefficient (Wildman–Crippen LogP) is 2.66. The Kier molecular flexibility index (Phi) is 5.61. The third-order valence-corrected chi connectivity index (χ3v) is 7.51. The second-order valence-corrected chi connectivity index (χ2v) is 9.82. The topological polar surface area (TPSA) is 66.9 Å². The van der Waals surface area contributed by atoms with Crippen molar-refractivity contribution in [2.75, 3.05) is 36.1 Å². The van der Waals surface area contributed by atoms with Crippen molar-refractivity contribution in [3.05, 3.63) is 60.2 Å². The van der Waals surface area contributed by atoms with Crippen LogP contribution in [0.1, 0.15) is 24.9 Å². The predicted molar refractivity (Wildman–Crippen MR) is 113 cm³/mol. The Morgan fingerprint density at radius 2 is 1.86 bits per heavy atom. The van der Waals surface area contributed by atoms with Gasteiger partial charge in [0.25, 0.3) is 0 Å². The minimum atomic E-state index is -3.00. The van der Waals surface area contributed by atoms with Gasteiger partial charge in [-0.2, -0.15) is 0 Å². The number of nitrogens with zero attached hydrogens (tertiary/aromatic N) is 2. The van der Waals surface area contributed by atoms with Crippen LogP contribution in [-0.4, -0.2) is 56.5 Å². The van der Waals surface area contributed by atoms with Gasteiger partial charge in [0.15, 0.2) is 9.84 Å². The first-order valence-corrected chi connectivity index (χ1v) is 11.8. The van der Waals surface area contributed by atoms with Crippen LogP contribution in [0.25, 0.3) is 0 Å². The Morgan fingerprint density at radius 3 is 2.55 bits per heavy atom. The fraction of sp³-hybridized carbons (Fsp3) is 0.409. The van der Waals surface area contributed by atoms with Gasteiger partial charge in [0, 0.05) is 6.04 Å². The molecule has 2 heterocycles. The van der Waals surface area contributed by atoms with E-state index >= 15 is 0 Å². The second-order valence-electron chi connectivity index (χ2n) is 7.59. The van der Waals surface area contributed by atoms with Crippen molar-refractivity contribution in [2.45, 2.75) is 25.4 Å². The standard InChI is InChI=1S/C22H26N2O4S/c1-2-23(18-12-13-29(26,27)16-18)14-22(25)24-19-10-6-7-11-21(19)28-15-20(24)17-8-4-3-5-9-17/h3-11,18,20H,2,12-16H2,1H3/t18-,20+/m1/s1. The summed E-state index contributed by atoms with van der Waals surface area (Å²) in [5.41, 5.74) is 1.77. The number of hydrogen-bond acceptors (Lipinski definition) is 5. The first kappa shape index (κ1) is 19.9. The van der Waals surface area contributed by atoms with Gasteiger partial charge in [-0.3, -0.25) is 14.6 Å². The molecule has 0 bridgehead atoms. The van der Waals surface area contributed by atoms with E-state index in [-0.39, 0.29) is 36.0 Å². The smallest absolute Gasteiger partial charge is 0.241 e. The fourth-order valence-corrected chi connectivity index (χ4v) is 5.99. The van der Waals surface area contributed by atoms with E-state index in [0.717, 1.165) is 11.3 Å². The molecule has 0 unspecified atom stereocenters. The number of anilines is 1. The summed E-state index contributed by atoms with van der Waals surface area (Å²) in [6.07, 6.45) is 0.589. The number of carbonyl (C=O) groups is 1. The lowest BCUT2D eigenvalue weighted by atomic mass is 10.0. The highest BCUT2D eigenvalue weighted by Crippen LogP contribution is 2.39. The van der Waals surface area contributed by atoms with E-state index in [1.807, 2.05) is 71.3 Å². The Balaban J connectivity index is 1.62. The first-order chi connectivity index (χ1) is 14.0. The lowest BCUT2D eigenvalue weighted by Crippen LogP contribution is -2.48. The number of amides is 1.